The summed E-state index contributed by atoms with van der Waals surface area (Å²) in [6, 6.07) is 15.2. The second kappa shape index (κ2) is 9.03. The molecule has 0 saturated heterocycles. The maximum atomic E-state index is 12.6. The molecule has 0 bridgehead atoms. The Balaban J connectivity index is 1.69. The molecule has 0 aliphatic heterocycles. The molecule has 4 rings (SSSR count). The number of anilines is 1. The van der Waals surface area contributed by atoms with E-state index in [4.69, 9.17) is 4.98 Å². The summed E-state index contributed by atoms with van der Waals surface area (Å²) in [5.41, 5.74) is 4.78. The molecule has 3 N–H and O–H groups in total. The van der Waals surface area contributed by atoms with Crippen LogP contribution in [-0.4, -0.2) is 37.4 Å². The van der Waals surface area contributed by atoms with E-state index in [-0.39, 0.29) is 16.8 Å². The Labute approximate surface area is 194 Å². The number of aromatic nitrogens is 2. The summed E-state index contributed by atoms with van der Waals surface area (Å²) in [7, 11) is 0. The zero-order chi connectivity index (χ0) is 24.4. The van der Waals surface area contributed by atoms with Crippen LogP contribution in [0.4, 0.5) is 5.69 Å². The molecule has 0 unspecified atom stereocenters. The Morgan fingerprint density at radius 2 is 1.53 bits per heavy atom. The average molecular weight is 455 g/mol. The third-order valence-electron chi connectivity index (χ3n) is 5.23. The normalized spacial score (nSPS) is 11.1. The molecule has 2 aromatic heterocycles. The number of carbonyl (C=O) groups is 3. The Morgan fingerprint density at radius 1 is 0.882 bits per heavy atom. The highest BCUT2D eigenvalue weighted by molar-refractivity contribution is 6.04. The molecule has 8 heteroatoms. The quantitative estimate of drug-likeness (QED) is 0.364. The van der Waals surface area contributed by atoms with Gasteiger partial charge in [0, 0.05) is 23.5 Å². The minimum Gasteiger partial charge on any atom is -0.478 e. The fraction of sp³-hybridized carbons (Fsp3) is 0.0769. The van der Waals surface area contributed by atoms with E-state index in [0.29, 0.717) is 11.4 Å². The van der Waals surface area contributed by atoms with Crippen LogP contribution in [0.15, 0.2) is 66.9 Å². The predicted molar refractivity (Wildman–Crippen MR) is 128 cm³/mol. The van der Waals surface area contributed by atoms with E-state index in [1.54, 1.807) is 6.08 Å². The first-order valence-electron chi connectivity index (χ1n) is 10.4. The predicted octanol–water partition coefficient (Wildman–Crippen LogP) is 4.67. The molecule has 0 fully saturated rings. The van der Waals surface area contributed by atoms with E-state index in [1.807, 2.05) is 60.8 Å². The highest BCUT2D eigenvalue weighted by atomic mass is 16.4. The lowest BCUT2D eigenvalue weighted by Gasteiger charge is -2.06. The highest BCUT2D eigenvalue weighted by Gasteiger charge is 2.14. The van der Waals surface area contributed by atoms with Crippen LogP contribution in [0.1, 0.15) is 37.5 Å². The van der Waals surface area contributed by atoms with Crippen molar-refractivity contribution >= 4 is 35.3 Å². The summed E-state index contributed by atoms with van der Waals surface area (Å²) in [6.07, 6.45) is 4.80. The average Bonchev–Trinajstić information content (AvgIpc) is 3.15. The molecule has 0 aliphatic rings. The zero-order valence-corrected chi connectivity index (χ0v) is 18.4. The number of fused-ring (bicyclic) bond motifs is 1. The van der Waals surface area contributed by atoms with Crippen molar-refractivity contribution in [3.8, 4) is 11.3 Å². The van der Waals surface area contributed by atoms with Gasteiger partial charge in [0.05, 0.1) is 22.5 Å². The molecular formula is C26H21N3O5. The van der Waals surface area contributed by atoms with E-state index in [2.05, 4.69) is 5.32 Å². The fourth-order valence-corrected chi connectivity index (χ4v) is 3.53. The van der Waals surface area contributed by atoms with Crippen LogP contribution < -0.4 is 5.32 Å². The summed E-state index contributed by atoms with van der Waals surface area (Å²) >= 11 is 0. The van der Waals surface area contributed by atoms with E-state index in [1.165, 1.54) is 18.2 Å². The van der Waals surface area contributed by atoms with Crippen LogP contribution in [0.5, 0.6) is 0 Å². The Morgan fingerprint density at radius 3 is 2.15 bits per heavy atom. The topological polar surface area (TPSA) is 121 Å². The Hall–Kier alpha value is -4.72. The zero-order valence-electron chi connectivity index (χ0n) is 18.4. The summed E-state index contributed by atoms with van der Waals surface area (Å²) in [4.78, 5) is 40.0. The number of nitrogens with one attached hydrogen (secondary N) is 1. The van der Waals surface area contributed by atoms with E-state index in [0.717, 1.165) is 28.4 Å². The fourth-order valence-electron chi connectivity index (χ4n) is 3.53. The molecule has 4 aromatic rings. The number of benzene rings is 2. The van der Waals surface area contributed by atoms with Crippen molar-refractivity contribution in [3.63, 3.8) is 0 Å². The standard InChI is InChI=1S/C26H21N3O5/c1-15-3-5-17(6-4-15)24-21(29-10-9-16(2)11-22(29)28-24)7-8-23(30)27-20-13-18(25(31)32)12-19(14-20)26(33)34/h3-14H,1-2H3,(H,27,30)(H,31,32)(H,33,34)/b8-7+. The van der Waals surface area contributed by atoms with Gasteiger partial charge in [0.1, 0.15) is 5.65 Å². The number of aromatic carboxylic acids is 2. The van der Waals surface area contributed by atoms with Gasteiger partial charge in [-0.2, -0.15) is 0 Å². The van der Waals surface area contributed by atoms with Crippen LogP contribution in [0, 0.1) is 13.8 Å². The molecular weight excluding hydrogens is 434 g/mol. The van der Waals surface area contributed by atoms with Crippen molar-refractivity contribution in [2.75, 3.05) is 5.32 Å². The van der Waals surface area contributed by atoms with E-state index >= 15 is 0 Å². The van der Waals surface area contributed by atoms with Gasteiger partial charge in [-0.3, -0.25) is 9.20 Å². The van der Waals surface area contributed by atoms with Gasteiger partial charge in [-0.1, -0.05) is 29.8 Å². The molecule has 0 spiro atoms. The minimum atomic E-state index is -1.29. The van der Waals surface area contributed by atoms with Crippen LogP contribution in [0.25, 0.3) is 23.0 Å². The third kappa shape index (κ3) is 4.71. The Kier molecular flexibility index (Phi) is 5.97. The number of hydrogen-bond acceptors (Lipinski definition) is 4. The molecule has 34 heavy (non-hydrogen) atoms. The maximum absolute atomic E-state index is 12.6. The van der Waals surface area contributed by atoms with Crippen LogP contribution in [-0.2, 0) is 4.79 Å². The van der Waals surface area contributed by atoms with Gasteiger partial charge in [0.15, 0.2) is 0 Å². The van der Waals surface area contributed by atoms with Crippen LogP contribution in [0.3, 0.4) is 0 Å². The van der Waals surface area contributed by atoms with Crippen molar-refractivity contribution < 1.29 is 24.6 Å². The number of carboxylic acids is 2. The number of imidazole rings is 1. The van der Waals surface area contributed by atoms with Gasteiger partial charge in [0.2, 0.25) is 5.91 Å². The molecule has 1 amide bonds. The van der Waals surface area contributed by atoms with E-state index in [9.17, 15) is 24.6 Å². The van der Waals surface area contributed by atoms with Crippen LogP contribution in [0.2, 0.25) is 0 Å². The van der Waals surface area contributed by atoms with Crippen LogP contribution >= 0.6 is 0 Å². The molecule has 2 aromatic carbocycles. The Bertz CT molecular complexity index is 1430. The van der Waals surface area contributed by atoms with E-state index < -0.39 is 17.8 Å². The molecule has 0 aliphatic carbocycles. The largest absolute Gasteiger partial charge is 0.478 e. The van der Waals surface area contributed by atoms with Gasteiger partial charge < -0.3 is 15.5 Å². The lowest BCUT2D eigenvalue weighted by atomic mass is 10.1. The van der Waals surface area contributed by atoms with Crippen molar-refractivity contribution in [1.82, 2.24) is 9.38 Å². The molecule has 0 radical (unpaired) electrons. The first-order chi connectivity index (χ1) is 16.2. The number of nitrogens with zero attached hydrogens (tertiary/aromatic N) is 2. The smallest absolute Gasteiger partial charge is 0.335 e. The number of carboxylic acid groups (broad SMARTS) is 2. The number of hydrogen-bond donors (Lipinski definition) is 3. The molecule has 0 saturated carbocycles. The second-order valence-corrected chi connectivity index (χ2v) is 7.88. The number of rotatable bonds is 6. The van der Waals surface area contributed by atoms with Gasteiger partial charge in [0.25, 0.3) is 0 Å². The second-order valence-electron chi connectivity index (χ2n) is 7.88. The summed E-state index contributed by atoms with van der Waals surface area (Å²) in [6.45, 7) is 3.97. The molecule has 170 valence electrons. The van der Waals surface area contributed by atoms with Crippen molar-refractivity contribution in [3.05, 3.63) is 94.8 Å². The van der Waals surface area contributed by atoms with Crippen molar-refractivity contribution in [2.45, 2.75) is 13.8 Å². The molecule has 0 atom stereocenters. The highest BCUT2D eigenvalue weighted by Crippen LogP contribution is 2.26. The lowest BCUT2D eigenvalue weighted by Crippen LogP contribution is -2.11. The summed E-state index contributed by atoms with van der Waals surface area (Å²) in [5, 5.41) is 21.0. The first kappa shape index (κ1) is 22.5. The third-order valence-corrected chi connectivity index (χ3v) is 5.23. The first-order valence-corrected chi connectivity index (χ1v) is 10.4. The summed E-state index contributed by atoms with van der Waals surface area (Å²) < 4.78 is 1.87. The van der Waals surface area contributed by atoms with Crippen molar-refractivity contribution in [1.29, 1.82) is 0 Å². The minimum absolute atomic E-state index is 0.0690. The number of amides is 1. The summed E-state index contributed by atoms with van der Waals surface area (Å²) in [5.74, 6) is -3.13. The van der Waals surface area contributed by atoms with Gasteiger partial charge in [-0.15, -0.1) is 0 Å². The number of aryl methyl sites for hydroxylation is 2. The molecule has 2 heterocycles. The monoisotopic (exact) mass is 455 g/mol. The lowest BCUT2D eigenvalue weighted by molar-refractivity contribution is -0.111. The number of pyridine rings is 1. The van der Waals surface area contributed by atoms with Gasteiger partial charge in [-0.05, 0) is 55.8 Å². The van der Waals surface area contributed by atoms with Crippen molar-refractivity contribution in [2.24, 2.45) is 0 Å². The SMILES string of the molecule is Cc1ccc(-c2nc3cc(C)ccn3c2/C=C/C(=O)Nc2cc(C(=O)O)cc(C(=O)O)c2)cc1. The van der Waals surface area contributed by atoms with Gasteiger partial charge >= 0.3 is 11.9 Å². The van der Waals surface area contributed by atoms with Gasteiger partial charge in [-0.25, -0.2) is 14.6 Å². The molecule has 8 nitrogen and oxygen atoms in total. The maximum Gasteiger partial charge on any atom is 0.335 e. The number of carbonyl (C=O) groups excluding carboxylic acids is 1.